The summed E-state index contributed by atoms with van der Waals surface area (Å²) in [6.45, 7) is 0.364. The molecule has 2 aromatic carbocycles. The molecule has 1 amide bonds. The Kier molecular flexibility index (Phi) is 7.82. The highest BCUT2D eigenvalue weighted by atomic mass is 32.2. The summed E-state index contributed by atoms with van der Waals surface area (Å²) in [4.78, 5) is 12.2. The molecule has 27 heavy (non-hydrogen) atoms. The van der Waals surface area contributed by atoms with Crippen LogP contribution in [0.2, 0.25) is 0 Å². The quantitative estimate of drug-likeness (QED) is 0.631. The van der Waals surface area contributed by atoms with Gasteiger partial charge in [-0.2, -0.15) is 4.31 Å². The van der Waals surface area contributed by atoms with Gasteiger partial charge in [0.2, 0.25) is 15.9 Å². The van der Waals surface area contributed by atoms with Crippen molar-refractivity contribution >= 4 is 15.9 Å². The number of carbonyl (C=O) groups is 1. The van der Waals surface area contributed by atoms with E-state index >= 15 is 0 Å². The molecule has 6 nitrogen and oxygen atoms in total. The van der Waals surface area contributed by atoms with Gasteiger partial charge in [-0.15, -0.1) is 0 Å². The first-order chi connectivity index (χ1) is 12.9. The number of aryl methyl sites for hydroxylation is 1. The second kappa shape index (κ2) is 10.1. The lowest BCUT2D eigenvalue weighted by Crippen LogP contribution is -2.40. The van der Waals surface area contributed by atoms with Crippen LogP contribution in [0, 0.1) is 0 Å². The number of nitrogens with zero attached hydrogens (tertiary/aromatic N) is 1. The van der Waals surface area contributed by atoms with Gasteiger partial charge in [0.15, 0.2) is 0 Å². The van der Waals surface area contributed by atoms with Crippen molar-refractivity contribution in [1.82, 2.24) is 9.62 Å². The van der Waals surface area contributed by atoms with Crippen molar-refractivity contribution < 1.29 is 17.9 Å². The fraction of sp³-hybridized carbons (Fsp3) is 0.350. The van der Waals surface area contributed by atoms with Crippen molar-refractivity contribution in [3.63, 3.8) is 0 Å². The van der Waals surface area contributed by atoms with Gasteiger partial charge in [0, 0.05) is 18.7 Å². The van der Waals surface area contributed by atoms with Gasteiger partial charge in [-0.25, -0.2) is 8.42 Å². The Hall–Kier alpha value is -2.38. The van der Waals surface area contributed by atoms with Gasteiger partial charge in [0.1, 0.15) is 5.75 Å². The van der Waals surface area contributed by atoms with Crippen LogP contribution in [0.4, 0.5) is 0 Å². The summed E-state index contributed by atoms with van der Waals surface area (Å²) < 4.78 is 30.6. The van der Waals surface area contributed by atoms with Crippen molar-refractivity contribution in [2.45, 2.75) is 19.4 Å². The number of amides is 1. The average Bonchev–Trinajstić information content (AvgIpc) is 2.65. The van der Waals surface area contributed by atoms with Crippen LogP contribution >= 0.6 is 0 Å². The van der Waals surface area contributed by atoms with Crippen molar-refractivity contribution in [2.75, 3.05) is 26.5 Å². The monoisotopic (exact) mass is 390 g/mol. The summed E-state index contributed by atoms with van der Waals surface area (Å²) in [5.74, 6) is 0.276. The molecule has 0 atom stereocenters. The van der Waals surface area contributed by atoms with E-state index in [1.807, 2.05) is 42.5 Å². The zero-order valence-corrected chi connectivity index (χ0v) is 16.5. The number of sulfonamides is 1. The highest BCUT2D eigenvalue weighted by molar-refractivity contribution is 7.88. The van der Waals surface area contributed by atoms with Crippen molar-refractivity contribution in [3.05, 3.63) is 65.7 Å². The highest BCUT2D eigenvalue weighted by Crippen LogP contribution is 2.20. The van der Waals surface area contributed by atoms with Crippen LogP contribution in [0.1, 0.15) is 17.5 Å². The highest BCUT2D eigenvalue weighted by Gasteiger charge is 2.21. The standard InChI is InChI=1S/C20H26N2O4S/c1-26-19-13-7-6-12-18(19)15-22(27(2,24)25)16-20(23)21-14-8-11-17-9-4-3-5-10-17/h3-7,9-10,12-13H,8,11,14-16H2,1-2H3,(H,21,23). The van der Waals surface area contributed by atoms with Gasteiger partial charge in [-0.05, 0) is 24.5 Å². The van der Waals surface area contributed by atoms with Crippen LogP contribution in [0.3, 0.4) is 0 Å². The van der Waals surface area contributed by atoms with Crippen molar-refractivity contribution in [3.8, 4) is 5.75 Å². The summed E-state index contributed by atoms with van der Waals surface area (Å²) in [6.07, 6.45) is 2.75. The van der Waals surface area contributed by atoms with E-state index in [2.05, 4.69) is 5.32 Å². The number of benzene rings is 2. The summed E-state index contributed by atoms with van der Waals surface area (Å²) in [5.41, 5.74) is 1.92. The fourth-order valence-corrected chi connectivity index (χ4v) is 3.42. The van der Waals surface area contributed by atoms with Gasteiger partial charge >= 0.3 is 0 Å². The van der Waals surface area contributed by atoms with Gasteiger partial charge in [0.05, 0.1) is 19.9 Å². The first-order valence-corrected chi connectivity index (χ1v) is 10.6. The Morgan fingerprint density at radius 2 is 1.74 bits per heavy atom. The zero-order valence-electron chi connectivity index (χ0n) is 15.7. The smallest absolute Gasteiger partial charge is 0.235 e. The van der Waals surface area contributed by atoms with Crippen LogP contribution < -0.4 is 10.1 Å². The lowest BCUT2D eigenvalue weighted by atomic mass is 10.1. The minimum absolute atomic E-state index is 0.0836. The van der Waals surface area contributed by atoms with E-state index in [0.29, 0.717) is 17.9 Å². The molecule has 0 saturated carbocycles. The van der Waals surface area contributed by atoms with Crippen molar-refractivity contribution in [2.24, 2.45) is 0 Å². The Balaban J connectivity index is 1.89. The van der Waals surface area contributed by atoms with E-state index in [4.69, 9.17) is 4.74 Å². The van der Waals surface area contributed by atoms with Gasteiger partial charge in [0.25, 0.3) is 0 Å². The Morgan fingerprint density at radius 1 is 1.07 bits per heavy atom. The van der Waals surface area contributed by atoms with Crippen LogP contribution in [-0.4, -0.2) is 45.1 Å². The maximum Gasteiger partial charge on any atom is 0.235 e. The molecule has 0 aromatic heterocycles. The predicted octanol–water partition coefficient (Wildman–Crippen LogP) is 2.21. The van der Waals surface area contributed by atoms with E-state index in [9.17, 15) is 13.2 Å². The topological polar surface area (TPSA) is 75.7 Å². The number of methoxy groups -OCH3 is 1. The number of hydrogen-bond acceptors (Lipinski definition) is 4. The summed E-state index contributed by atoms with van der Waals surface area (Å²) in [6, 6.07) is 17.2. The Bertz CT molecular complexity index is 838. The fourth-order valence-electron chi connectivity index (χ4n) is 2.70. The number of hydrogen-bond donors (Lipinski definition) is 1. The van der Waals surface area contributed by atoms with E-state index < -0.39 is 10.0 Å². The van der Waals surface area contributed by atoms with Crippen LogP contribution in [0.15, 0.2) is 54.6 Å². The second-order valence-electron chi connectivity index (χ2n) is 6.28. The normalized spacial score (nSPS) is 11.4. The largest absolute Gasteiger partial charge is 0.496 e. The zero-order chi connectivity index (χ0) is 19.7. The molecular formula is C20H26N2O4S. The van der Waals surface area contributed by atoms with Crippen LogP contribution in [0.5, 0.6) is 5.75 Å². The molecule has 0 bridgehead atoms. The maximum atomic E-state index is 12.2. The van der Waals surface area contributed by atoms with E-state index in [0.717, 1.165) is 23.4 Å². The molecule has 1 N–H and O–H groups in total. The SMILES string of the molecule is COc1ccccc1CN(CC(=O)NCCCc1ccccc1)S(C)(=O)=O. The molecule has 2 rings (SSSR count). The third kappa shape index (κ3) is 7.03. The minimum atomic E-state index is -3.54. The summed E-state index contributed by atoms with van der Waals surface area (Å²) in [5, 5.41) is 2.79. The molecule has 0 fully saturated rings. The molecule has 0 aliphatic rings. The molecule has 2 aromatic rings. The Labute approximate surface area is 161 Å². The third-order valence-electron chi connectivity index (χ3n) is 4.14. The van der Waals surface area contributed by atoms with Gasteiger partial charge in [-0.1, -0.05) is 48.5 Å². The molecular weight excluding hydrogens is 364 g/mol. The first-order valence-electron chi connectivity index (χ1n) is 8.78. The first kappa shape index (κ1) is 20.9. The molecule has 0 unspecified atom stereocenters. The average molecular weight is 391 g/mol. The van der Waals surface area contributed by atoms with Crippen LogP contribution in [0.25, 0.3) is 0 Å². The van der Waals surface area contributed by atoms with E-state index in [-0.39, 0.29) is 19.0 Å². The minimum Gasteiger partial charge on any atom is -0.496 e. The molecule has 7 heteroatoms. The lowest BCUT2D eigenvalue weighted by molar-refractivity contribution is -0.121. The number of ether oxygens (including phenoxy) is 1. The molecule has 0 saturated heterocycles. The van der Waals surface area contributed by atoms with E-state index in [1.165, 1.54) is 12.7 Å². The van der Waals surface area contributed by atoms with Gasteiger partial charge < -0.3 is 10.1 Å². The summed E-state index contributed by atoms with van der Waals surface area (Å²) >= 11 is 0. The molecule has 0 aliphatic carbocycles. The second-order valence-corrected chi connectivity index (χ2v) is 8.26. The number of rotatable bonds is 10. The van der Waals surface area contributed by atoms with Crippen LogP contribution in [-0.2, 0) is 27.8 Å². The molecule has 146 valence electrons. The predicted molar refractivity (Wildman–Crippen MR) is 106 cm³/mol. The van der Waals surface area contributed by atoms with Gasteiger partial charge in [-0.3, -0.25) is 4.79 Å². The molecule has 0 aliphatic heterocycles. The number of nitrogens with one attached hydrogen (secondary N) is 1. The molecule has 0 radical (unpaired) electrons. The molecule has 0 spiro atoms. The third-order valence-corrected chi connectivity index (χ3v) is 5.33. The lowest BCUT2D eigenvalue weighted by Gasteiger charge is -2.20. The number of para-hydroxylation sites is 1. The summed E-state index contributed by atoms with van der Waals surface area (Å²) in [7, 11) is -2.01. The number of carbonyl (C=O) groups excluding carboxylic acids is 1. The van der Waals surface area contributed by atoms with Crippen molar-refractivity contribution in [1.29, 1.82) is 0 Å². The molecule has 0 heterocycles. The maximum absolute atomic E-state index is 12.2. The Morgan fingerprint density at radius 3 is 2.41 bits per heavy atom. The van der Waals surface area contributed by atoms with E-state index in [1.54, 1.807) is 12.1 Å².